The summed E-state index contributed by atoms with van der Waals surface area (Å²) < 4.78 is 31.7. The second kappa shape index (κ2) is 10.7. The smallest absolute Gasteiger partial charge is 0.310 e. The lowest BCUT2D eigenvalue weighted by atomic mass is 9.90. The van der Waals surface area contributed by atoms with E-state index >= 15 is 0 Å². The van der Waals surface area contributed by atoms with Gasteiger partial charge in [-0.1, -0.05) is 25.8 Å². The molecule has 0 fully saturated rings. The van der Waals surface area contributed by atoms with Crippen molar-refractivity contribution in [3.8, 4) is 5.88 Å². The van der Waals surface area contributed by atoms with Crippen LogP contribution in [0.1, 0.15) is 80.9 Å². The molecule has 0 saturated carbocycles. The highest BCUT2D eigenvalue weighted by Crippen LogP contribution is 2.35. The molecule has 180 valence electrons. The summed E-state index contributed by atoms with van der Waals surface area (Å²) in [6.45, 7) is 11.2. The molecule has 0 bridgehead atoms. The molecule has 0 aliphatic heterocycles. The number of rotatable bonds is 11. The predicted molar refractivity (Wildman–Crippen MR) is 127 cm³/mol. The standard InChI is InChI=1S/C23H31N3O6S/c1-7-9-13-33(30,31)32-23-19(14-24-25(23)12-8-2)22(27)18-10-11-20(26(28)29)21(17(18)6)16(5)15(3)4/h10-11,14H,7-9,12-13H2,1-6H3. The number of ketones is 1. The van der Waals surface area contributed by atoms with E-state index in [9.17, 15) is 23.3 Å². The fourth-order valence-electron chi connectivity index (χ4n) is 3.44. The first-order chi connectivity index (χ1) is 15.4. The Morgan fingerprint density at radius 3 is 2.36 bits per heavy atom. The van der Waals surface area contributed by atoms with Crippen molar-refractivity contribution in [3.05, 3.63) is 56.3 Å². The average molecular weight is 478 g/mol. The molecule has 1 heterocycles. The lowest BCUT2D eigenvalue weighted by Gasteiger charge is -2.14. The topological polar surface area (TPSA) is 121 Å². The van der Waals surface area contributed by atoms with E-state index in [1.54, 1.807) is 13.8 Å². The van der Waals surface area contributed by atoms with Gasteiger partial charge in [0.15, 0.2) is 5.78 Å². The fraction of sp³-hybridized carbons (Fsp3) is 0.478. The van der Waals surface area contributed by atoms with Gasteiger partial charge in [0.2, 0.25) is 5.88 Å². The van der Waals surface area contributed by atoms with E-state index < -0.39 is 20.8 Å². The van der Waals surface area contributed by atoms with Crippen LogP contribution >= 0.6 is 0 Å². The van der Waals surface area contributed by atoms with Crippen molar-refractivity contribution < 1.29 is 22.3 Å². The van der Waals surface area contributed by atoms with Crippen LogP contribution in [0.2, 0.25) is 0 Å². The van der Waals surface area contributed by atoms with E-state index in [1.807, 2.05) is 27.7 Å². The average Bonchev–Trinajstić information content (AvgIpc) is 3.12. The third-order valence-corrected chi connectivity index (χ3v) is 6.63. The highest BCUT2D eigenvalue weighted by molar-refractivity contribution is 7.87. The van der Waals surface area contributed by atoms with Gasteiger partial charge in [-0.2, -0.15) is 13.5 Å². The van der Waals surface area contributed by atoms with Crippen LogP contribution in [0.15, 0.2) is 23.9 Å². The van der Waals surface area contributed by atoms with Gasteiger partial charge >= 0.3 is 10.1 Å². The Morgan fingerprint density at radius 2 is 1.82 bits per heavy atom. The molecule has 0 unspecified atom stereocenters. The number of nitro benzene ring substituents is 1. The second-order valence-electron chi connectivity index (χ2n) is 8.13. The molecule has 33 heavy (non-hydrogen) atoms. The molecule has 9 nitrogen and oxygen atoms in total. The molecule has 2 aromatic rings. The van der Waals surface area contributed by atoms with Gasteiger partial charge in [-0.3, -0.25) is 14.9 Å². The third kappa shape index (κ3) is 5.87. The molecule has 1 aromatic carbocycles. The van der Waals surface area contributed by atoms with Crippen molar-refractivity contribution in [1.82, 2.24) is 9.78 Å². The van der Waals surface area contributed by atoms with Crippen molar-refractivity contribution in [3.63, 3.8) is 0 Å². The summed E-state index contributed by atoms with van der Waals surface area (Å²) in [5.74, 6) is -0.806. The second-order valence-corrected chi connectivity index (χ2v) is 9.82. The Bertz CT molecular complexity index is 1190. The third-order valence-electron chi connectivity index (χ3n) is 5.43. The van der Waals surface area contributed by atoms with Crippen LogP contribution < -0.4 is 4.18 Å². The van der Waals surface area contributed by atoms with E-state index in [1.165, 1.54) is 23.0 Å². The molecule has 0 atom stereocenters. The lowest BCUT2D eigenvalue weighted by molar-refractivity contribution is -0.385. The van der Waals surface area contributed by atoms with E-state index in [0.29, 0.717) is 42.5 Å². The van der Waals surface area contributed by atoms with Crippen LogP contribution in [0.5, 0.6) is 5.88 Å². The first-order valence-corrected chi connectivity index (χ1v) is 12.5. The fourth-order valence-corrected chi connectivity index (χ4v) is 4.58. The number of aromatic nitrogens is 2. The SMILES string of the molecule is CCCCS(=O)(=O)Oc1c(C(=O)c2ccc([N+](=O)[O-])c(C(C)=C(C)C)c2C)cnn1CCC. The van der Waals surface area contributed by atoms with E-state index in [2.05, 4.69) is 5.10 Å². The lowest BCUT2D eigenvalue weighted by Crippen LogP contribution is -2.18. The monoisotopic (exact) mass is 477 g/mol. The molecule has 0 spiro atoms. The molecular weight excluding hydrogens is 446 g/mol. The Hall–Kier alpha value is -3.01. The molecule has 10 heteroatoms. The van der Waals surface area contributed by atoms with Gasteiger partial charge in [0.1, 0.15) is 5.56 Å². The Balaban J connectivity index is 2.66. The maximum atomic E-state index is 13.5. The van der Waals surface area contributed by atoms with Crippen LogP contribution in [-0.4, -0.2) is 34.7 Å². The number of hydrogen-bond donors (Lipinski definition) is 0. The zero-order chi connectivity index (χ0) is 24.9. The summed E-state index contributed by atoms with van der Waals surface area (Å²) in [5, 5.41) is 15.8. The van der Waals surface area contributed by atoms with Crippen LogP contribution in [0.3, 0.4) is 0 Å². The van der Waals surface area contributed by atoms with Gasteiger partial charge in [-0.15, -0.1) is 0 Å². The van der Waals surface area contributed by atoms with E-state index in [4.69, 9.17) is 4.18 Å². The Morgan fingerprint density at radius 1 is 1.15 bits per heavy atom. The zero-order valence-corrected chi connectivity index (χ0v) is 20.8. The highest BCUT2D eigenvalue weighted by Gasteiger charge is 2.28. The number of allylic oxidation sites excluding steroid dienone is 2. The number of benzene rings is 1. The van der Waals surface area contributed by atoms with Crippen molar-refractivity contribution in [1.29, 1.82) is 0 Å². The molecular formula is C23H31N3O6S. The van der Waals surface area contributed by atoms with Gasteiger partial charge in [-0.25, -0.2) is 4.68 Å². The molecule has 0 aliphatic rings. The molecule has 0 radical (unpaired) electrons. The molecule has 0 amide bonds. The highest BCUT2D eigenvalue weighted by atomic mass is 32.2. The quantitative estimate of drug-likeness (QED) is 0.192. The Labute approximate surface area is 194 Å². The molecule has 1 aromatic heterocycles. The number of nitrogens with zero attached hydrogens (tertiary/aromatic N) is 3. The van der Waals surface area contributed by atoms with Gasteiger partial charge in [0.05, 0.1) is 22.4 Å². The van der Waals surface area contributed by atoms with Crippen molar-refractivity contribution >= 4 is 27.2 Å². The van der Waals surface area contributed by atoms with Crippen molar-refractivity contribution in [2.24, 2.45) is 0 Å². The van der Waals surface area contributed by atoms with Gasteiger partial charge in [-0.05, 0) is 57.7 Å². The van der Waals surface area contributed by atoms with Crippen molar-refractivity contribution in [2.45, 2.75) is 67.3 Å². The number of unbranched alkanes of at least 4 members (excludes halogenated alkanes) is 1. The predicted octanol–water partition coefficient (Wildman–Crippen LogP) is 5.06. The first-order valence-electron chi connectivity index (χ1n) is 10.9. The molecule has 2 rings (SSSR count). The van der Waals surface area contributed by atoms with Gasteiger partial charge in [0.25, 0.3) is 5.69 Å². The maximum Gasteiger partial charge on any atom is 0.310 e. The number of carbonyl (C=O) groups excluding carboxylic acids is 1. The van der Waals surface area contributed by atoms with Crippen LogP contribution in [0, 0.1) is 17.0 Å². The van der Waals surface area contributed by atoms with Crippen LogP contribution in [-0.2, 0) is 16.7 Å². The largest absolute Gasteiger partial charge is 0.361 e. The van der Waals surface area contributed by atoms with E-state index in [-0.39, 0.29) is 28.4 Å². The normalized spacial score (nSPS) is 11.3. The zero-order valence-electron chi connectivity index (χ0n) is 20.0. The summed E-state index contributed by atoms with van der Waals surface area (Å²) in [7, 11) is -3.92. The summed E-state index contributed by atoms with van der Waals surface area (Å²) in [6, 6.07) is 2.70. The summed E-state index contributed by atoms with van der Waals surface area (Å²) in [5.41, 5.74) is 2.54. The van der Waals surface area contributed by atoms with E-state index in [0.717, 1.165) is 5.57 Å². The molecule has 0 N–H and O–H groups in total. The number of hydrogen-bond acceptors (Lipinski definition) is 7. The molecule has 0 aliphatic carbocycles. The van der Waals surface area contributed by atoms with Crippen LogP contribution in [0.25, 0.3) is 5.57 Å². The number of nitro groups is 1. The summed E-state index contributed by atoms with van der Waals surface area (Å²) in [6.07, 6.45) is 3.05. The number of aryl methyl sites for hydroxylation is 1. The van der Waals surface area contributed by atoms with Gasteiger partial charge in [0, 0.05) is 18.2 Å². The maximum absolute atomic E-state index is 13.5. The van der Waals surface area contributed by atoms with Gasteiger partial charge < -0.3 is 4.18 Å². The first kappa shape index (κ1) is 26.2. The summed E-state index contributed by atoms with van der Waals surface area (Å²) >= 11 is 0. The molecule has 0 saturated heterocycles. The summed E-state index contributed by atoms with van der Waals surface area (Å²) in [4.78, 5) is 24.7. The minimum atomic E-state index is -3.92. The van der Waals surface area contributed by atoms with Crippen molar-refractivity contribution in [2.75, 3.05) is 5.75 Å². The number of carbonyl (C=O) groups is 1. The van der Waals surface area contributed by atoms with Crippen LogP contribution in [0.4, 0.5) is 5.69 Å². The Kier molecular flexibility index (Phi) is 8.54. The minimum Gasteiger partial charge on any atom is -0.361 e. The minimum absolute atomic E-state index is 0.00118.